The number of carbonyl (C=O) groups excluding carboxylic acids is 1. The number of amides is 1. The van der Waals surface area contributed by atoms with Crippen LogP contribution in [0.15, 0.2) is 54.6 Å². The Balaban J connectivity index is 1.38. The molecule has 0 unspecified atom stereocenters. The molecule has 1 saturated heterocycles. The number of nitrogens with zero attached hydrogens (tertiary/aromatic N) is 2. The van der Waals surface area contributed by atoms with Crippen molar-refractivity contribution in [3.05, 3.63) is 65.7 Å². The van der Waals surface area contributed by atoms with E-state index in [1.165, 1.54) is 0 Å². The van der Waals surface area contributed by atoms with Crippen LogP contribution < -0.4 is 9.62 Å². The number of anilines is 1. The van der Waals surface area contributed by atoms with Gasteiger partial charge in [-0.1, -0.05) is 42.5 Å². The maximum atomic E-state index is 12.8. The number of hydrogen-bond acceptors (Lipinski definition) is 4. The average Bonchev–Trinajstić information content (AvgIpc) is 2.73. The lowest BCUT2D eigenvalue weighted by Crippen LogP contribution is -2.55. The van der Waals surface area contributed by atoms with Gasteiger partial charge >= 0.3 is 0 Å². The maximum Gasteiger partial charge on any atom is 0.219 e. The summed E-state index contributed by atoms with van der Waals surface area (Å²) in [6.07, 6.45) is 3.50. The van der Waals surface area contributed by atoms with E-state index in [1.54, 1.807) is 6.92 Å². The Hall–Kier alpha value is -2.38. The van der Waals surface area contributed by atoms with E-state index >= 15 is 0 Å². The van der Waals surface area contributed by atoms with Gasteiger partial charge in [0.25, 0.3) is 0 Å². The van der Waals surface area contributed by atoms with Gasteiger partial charge in [-0.2, -0.15) is 0 Å². The molecule has 6 nitrogen and oxygen atoms in total. The van der Waals surface area contributed by atoms with Gasteiger partial charge in [0.05, 0.1) is 5.75 Å². The van der Waals surface area contributed by atoms with Gasteiger partial charge in [-0.25, -0.2) is 13.1 Å². The molecule has 31 heavy (non-hydrogen) atoms. The fraction of sp³-hybridized carbons (Fsp3) is 0.458. The highest BCUT2D eigenvalue weighted by molar-refractivity contribution is 7.88. The van der Waals surface area contributed by atoms with E-state index in [2.05, 4.69) is 33.9 Å². The third-order valence-electron chi connectivity index (χ3n) is 6.45. The predicted octanol–water partition coefficient (Wildman–Crippen LogP) is 2.94. The zero-order valence-electron chi connectivity index (χ0n) is 18.1. The van der Waals surface area contributed by atoms with Gasteiger partial charge in [0, 0.05) is 44.3 Å². The van der Waals surface area contributed by atoms with Crippen molar-refractivity contribution in [2.24, 2.45) is 0 Å². The van der Waals surface area contributed by atoms with Crippen LogP contribution in [0.25, 0.3) is 0 Å². The molecule has 1 saturated carbocycles. The van der Waals surface area contributed by atoms with Crippen molar-refractivity contribution in [2.45, 2.75) is 43.9 Å². The summed E-state index contributed by atoms with van der Waals surface area (Å²) in [5.74, 6) is 0.149. The largest absolute Gasteiger partial charge is 0.368 e. The monoisotopic (exact) mass is 441 g/mol. The molecule has 0 bridgehead atoms. The highest BCUT2D eigenvalue weighted by Crippen LogP contribution is 2.36. The Bertz CT molecular complexity index is 994. The third kappa shape index (κ3) is 5.46. The minimum Gasteiger partial charge on any atom is -0.368 e. The molecule has 2 fully saturated rings. The van der Waals surface area contributed by atoms with Crippen molar-refractivity contribution < 1.29 is 13.2 Å². The molecule has 1 N–H and O–H groups in total. The molecule has 1 heterocycles. The van der Waals surface area contributed by atoms with Crippen LogP contribution in [0.2, 0.25) is 0 Å². The van der Waals surface area contributed by atoms with Gasteiger partial charge in [0.1, 0.15) is 0 Å². The standard InChI is InChI=1S/C24H31N3O3S/c1-20(28)26-14-16-27(17-15-26)23-10-8-21(9-11-23)18-24(12-5-13-24)25-31(29,30)19-22-6-3-2-4-7-22/h2-4,6-11,25H,5,12-19H2,1H3. The molecular weight excluding hydrogens is 410 g/mol. The molecule has 0 radical (unpaired) electrons. The fourth-order valence-corrected chi connectivity index (χ4v) is 6.21. The van der Waals surface area contributed by atoms with Crippen molar-refractivity contribution in [3.63, 3.8) is 0 Å². The molecule has 2 aliphatic rings. The number of sulfonamides is 1. The molecule has 0 aromatic heterocycles. The van der Waals surface area contributed by atoms with E-state index < -0.39 is 10.0 Å². The number of piperazine rings is 1. The predicted molar refractivity (Wildman–Crippen MR) is 123 cm³/mol. The highest BCUT2D eigenvalue weighted by Gasteiger charge is 2.40. The Morgan fingerprint density at radius 2 is 1.58 bits per heavy atom. The van der Waals surface area contributed by atoms with Crippen LogP contribution in [-0.2, 0) is 27.0 Å². The summed E-state index contributed by atoms with van der Waals surface area (Å²) < 4.78 is 28.6. The SMILES string of the molecule is CC(=O)N1CCN(c2ccc(CC3(NS(=O)(=O)Cc4ccccc4)CCC3)cc2)CC1. The lowest BCUT2D eigenvalue weighted by molar-refractivity contribution is -0.129. The van der Waals surface area contributed by atoms with Crippen LogP contribution in [0.3, 0.4) is 0 Å². The van der Waals surface area contributed by atoms with Gasteiger partial charge in [-0.15, -0.1) is 0 Å². The normalized spacial score (nSPS) is 18.5. The van der Waals surface area contributed by atoms with E-state index in [4.69, 9.17) is 0 Å². The lowest BCUT2D eigenvalue weighted by Gasteiger charge is -2.42. The number of nitrogens with one attached hydrogen (secondary N) is 1. The second kappa shape index (κ2) is 9.01. The first-order valence-electron chi connectivity index (χ1n) is 11.0. The summed E-state index contributed by atoms with van der Waals surface area (Å²) in [6.45, 7) is 4.80. The van der Waals surface area contributed by atoms with Crippen molar-refractivity contribution in [1.82, 2.24) is 9.62 Å². The van der Waals surface area contributed by atoms with E-state index in [-0.39, 0.29) is 17.2 Å². The van der Waals surface area contributed by atoms with Crippen LogP contribution in [0.5, 0.6) is 0 Å². The van der Waals surface area contributed by atoms with Crippen LogP contribution >= 0.6 is 0 Å². The molecule has 2 aromatic rings. The summed E-state index contributed by atoms with van der Waals surface area (Å²) in [5, 5.41) is 0. The van der Waals surface area contributed by atoms with Crippen molar-refractivity contribution in [3.8, 4) is 0 Å². The quantitative estimate of drug-likeness (QED) is 0.717. The van der Waals surface area contributed by atoms with Crippen molar-refractivity contribution in [2.75, 3.05) is 31.1 Å². The average molecular weight is 442 g/mol. The third-order valence-corrected chi connectivity index (χ3v) is 7.91. The number of hydrogen-bond donors (Lipinski definition) is 1. The lowest BCUT2D eigenvalue weighted by atomic mass is 9.74. The minimum atomic E-state index is -3.40. The van der Waals surface area contributed by atoms with Gasteiger partial charge in [0.15, 0.2) is 0 Å². The summed E-state index contributed by atoms with van der Waals surface area (Å²) in [7, 11) is -3.40. The molecule has 2 aromatic carbocycles. The first-order valence-corrected chi connectivity index (χ1v) is 12.6. The van der Waals surface area contributed by atoms with Crippen molar-refractivity contribution in [1.29, 1.82) is 0 Å². The Morgan fingerprint density at radius 3 is 2.13 bits per heavy atom. The molecule has 1 aliphatic carbocycles. The fourth-order valence-electron chi connectivity index (χ4n) is 4.57. The van der Waals surface area contributed by atoms with Gasteiger partial charge in [-0.3, -0.25) is 4.79 Å². The number of rotatable bonds is 7. The second-order valence-corrected chi connectivity index (χ2v) is 10.5. The van der Waals surface area contributed by atoms with Crippen LogP contribution in [0.4, 0.5) is 5.69 Å². The number of carbonyl (C=O) groups is 1. The van der Waals surface area contributed by atoms with Gasteiger partial charge in [-0.05, 0) is 48.9 Å². The van der Waals surface area contributed by atoms with E-state index in [1.807, 2.05) is 35.2 Å². The zero-order valence-corrected chi connectivity index (χ0v) is 18.9. The molecule has 1 amide bonds. The number of benzene rings is 2. The highest BCUT2D eigenvalue weighted by atomic mass is 32.2. The maximum absolute atomic E-state index is 12.8. The summed E-state index contributed by atoms with van der Waals surface area (Å²) in [5.41, 5.74) is 2.73. The first-order chi connectivity index (χ1) is 14.8. The molecule has 0 spiro atoms. The smallest absolute Gasteiger partial charge is 0.219 e. The first kappa shape index (κ1) is 21.8. The molecular formula is C24H31N3O3S. The van der Waals surface area contributed by atoms with Gasteiger partial charge in [0.2, 0.25) is 15.9 Å². The molecule has 166 valence electrons. The van der Waals surface area contributed by atoms with Crippen LogP contribution in [0.1, 0.15) is 37.3 Å². The second-order valence-electron chi connectivity index (χ2n) is 8.82. The van der Waals surface area contributed by atoms with Crippen molar-refractivity contribution >= 4 is 21.6 Å². The zero-order chi connectivity index (χ0) is 21.9. The molecule has 1 aliphatic heterocycles. The van der Waals surface area contributed by atoms with Crippen LogP contribution in [-0.4, -0.2) is 50.9 Å². The van der Waals surface area contributed by atoms with E-state index in [9.17, 15) is 13.2 Å². The topological polar surface area (TPSA) is 69.7 Å². The minimum absolute atomic E-state index is 0.0147. The summed E-state index contributed by atoms with van der Waals surface area (Å²) in [4.78, 5) is 15.7. The Morgan fingerprint density at radius 1 is 0.935 bits per heavy atom. The molecule has 4 rings (SSSR count). The summed E-state index contributed by atoms with van der Waals surface area (Å²) >= 11 is 0. The van der Waals surface area contributed by atoms with Crippen LogP contribution in [0, 0.1) is 0 Å². The van der Waals surface area contributed by atoms with E-state index in [0.29, 0.717) is 6.42 Å². The Kier molecular flexibility index (Phi) is 6.34. The summed E-state index contributed by atoms with van der Waals surface area (Å²) in [6, 6.07) is 17.8. The van der Waals surface area contributed by atoms with E-state index in [0.717, 1.165) is 62.3 Å². The molecule has 0 atom stereocenters. The van der Waals surface area contributed by atoms with Gasteiger partial charge < -0.3 is 9.80 Å². The Labute approximate surface area is 185 Å². The molecule has 7 heteroatoms.